The van der Waals surface area contributed by atoms with Crippen LogP contribution in [0.25, 0.3) is 134 Å². The zero-order valence-electron chi connectivity index (χ0n) is 55.5. The second-order valence-electron chi connectivity index (χ2n) is 26.8. The van der Waals surface area contributed by atoms with E-state index in [9.17, 15) is 0 Å². The predicted molar refractivity (Wildman–Crippen MR) is 416 cm³/mol. The quantitative estimate of drug-likeness (QED) is 0.122. The van der Waals surface area contributed by atoms with Crippen molar-refractivity contribution in [2.24, 2.45) is 0 Å². The Balaban J connectivity index is 0.675. The molecule has 0 fully saturated rings. The van der Waals surface area contributed by atoms with E-state index >= 15 is 0 Å². The molecule has 102 heavy (non-hydrogen) atoms. The van der Waals surface area contributed by atoms with Gasteiger partial charge in [-0.2, -0.15) is 0 Å². The molecule has 0 saturated heterocycles. The Morgan fingerprint density at radius 2 is 0.451 bits per heavy atom. The van der Waals surface area contributed by atoms with Gasteiger partial charge in [0.2, 0.25) is 0 Å². The molecular weight excluding hydrogens is 1240 g/mol. The number of imidazole rings is 2. The van der Waals surface area contributed by atoms with Crippen molar-refractivity contribution in [1.82, 2.24) is 29.1 Å². The summed E-state index contributed by atoms with van der Waals surface area (Å²) in [4.78, 5) is 21.6. The molecule has 6 nitrogen and oxygen atoms in total. The standard InChI is InChI=1S/C96H62N6/c1-7-25-71(26-8-1)95(72-27-9-2-10-28-72)81-59-67(51-55-77(81)79-57-53-69(61-83(79)95)93-99-87-39-21-23-41-89(87)101(93)75-33-15-5-16-34-75)63-43-47-65(48-44-63)91-92(98-86-38-20-19-37-85(86)97-91)66-49-45-64(46-50-66)68-52-56-78-80-58-54-70(94-100-88-40-22-24-42-90(88)102(94)76-35-17-6-18-36-76)62-84(80)96(82(78)60-68,73-29-11-3-12-30-73)74-31-13-4-14-32-74/h1-62H. The fourth-order valence-corrected chi connectivity index (χ4v) is 16.8. The summed E-state index contributed by atoms with van der Waals surface area (Å²) in [5, 5.41) is 0. The maximum absolute atomic E-state index is 5.44. The SMILES string of the molecule is c1ccc(-n2c(-c3ccc4c(c3)C(c3ccccc3)(c3ccccc3)c3cc(-c5ccc(-c6nc7ccccc7nc6-c6ccc(-c7ccc8c(c7)C(c7ccccc7)(c7ccccc7)c7cc(-c9nc%10ccccc%10n9-c9ccccc9)ccc7-8)cc6)cc5)ccc3-4)nc3ccccc32)cc1. The van der Waals surface area contributed by atoms with Gasteiger partial charge in [0.15, 0.2) is 0 Å². The molecule has 20 rings (SSSR count). The summed E-state index contributed by atoms with van der Waals surface area (Å²) in [7, 11) is 0. The molecule has 0 amide bonds. The Hall–Kier alpha value is -13.4. The predicted octanol–water partition coefficient (Wildman–Crippen LogP) is 23.0. The van der Waals surface area contributed by atoms with Crippen LogP contribution in [-0.2, 0) is 10.8 Å². The summed E-state index contributed by atoms with van der Waals surface area (Å²) < 4.78 is 4.60. The molecule has 15 aromatic carbocycles. The third-order valence-corrected chi connectivity index (χ3v) is 21.3. The molecule has 0 aliphatic heterocycles. The summed E-state index contributed by atoms with van der Waals surface area (Å²) in [6.07, 6.45) is 0. The Kier molecular flexibility index (Phi) is 13.6. The zero-order chi connectivity index (χ0) is 67.3. The Morgan fingerprint density at radius 1 is 0.196 bits per heavy atom. The van der Waals surface area contributed by atoms with Crippen LogP contribution in [0.5, 0.6) is 0 Å². The van der Waals surface area contributed by atoms with Crippen LogP contribution in [0.15, 0.2) is 376 Å². The number of para-hydroxylation sites is 8. The molecule has 0 bridgehead atoms. The molecule has 0 N–H and O–H groups in total. The number of hydrogen-bond donors (Lipinski definition) is 0. The fraction of sp³-hybridized carbons (Fsp3) is 0.0208. The highest BCUT2D eigenvalue weighted by Crippen LogP contribution is 2.60. The summed E-state index contributed by atoms with van der Waals surface area (Å²) >= 11 is 0. The van der Waals surface area contributed by atoms with E-state index in [0.29, 0.717) is 0 Å². The fourth-order valence-electron chi connectivity index (χ4n) is 16.8. The van der Waals surface area contributed by atoms with Crippen molar-refractivity contribution in [3.63, 3.8) is 0 Å². The molecule has 6 heteroatoms. The van der Waals surface area contributed by atoms with Gasteiger partial charge in [0.1, 0.15) is 11.6 Å². The monoisotopic (exact) mass is 1300 g/mol. The molecule has 0 atom stereocenters. The van der Waals surface area contributed by atoms with E-state index < -0.39 is 10.8 Å². The average molecular weight is 1300 g/mol. The van der Waals surface area contributed by atoms with Crippen LogP contribution in [0.4, 0.5) is 0 Å². The Morgan fingerprint density at radius 3 is 0.784 bits per heavy atom. The largest absolute Gasteiger partial charge is 0.292 e. The van der Waals surface area contributed by atoms with Crippen LogP contribution in [-0.4, -0.2) is 29.1 Å². The average Bonchev–Trinajstić information content (AvgIpc) is 1.52. The van der Waals surface area contributed by atoms with Crippen LogP contribution >= 0.6 is 0 Å². The van der Waals surface area contributed by atoms with Gasteiger partial charge in [0.05, 0.1) is 55.3 Å². The summed E-state index contributed by atoms with van der Waals surface area (Å²) in [6.45, 7) is 0. The van der Waals surface area contributed by atoms with Gasteiger partial charge < -0.3 is 0 Å². The molecule has 476 valence electrons. The van der Waals surface area contributed by atoms with E-state index in [4.69, 9.17) is 19.9 Å². The van der Waals surface area contributed by atoms with Gasteiger partial charge in [0, 0.05) is 33.6 Å². The van der Waals surface area contributed by atoms with Crippen molar-refractivity contribution in [3.05, 3.63) is 421 Å². The van der Waals surface area contributed by atoms with E-state index in [1.807, 2.05) is 12.1 Å². The van der Waals surface area contributed by atoms with Gasteiger partial charge in [0.25, 0.3) is 0 Å². The first kappa shape index (κ1) is 58.7. The second-order valence-corrected chi connectivity index (χ2v) is 26.8. The van der Waals surface area contributed by atoms with Crippen LogP contribution in [0, 0.1) is 0 Å². The molecular formula is C96H62N6. The lowest BCUT2D eigenvalue weighted by Gasteiger charge is -2.34. The van der Waals surface area contributed by atoms with E-state index in [1.54, 1.807) is 0 Å². The minimum Gasteiger partial charge on any atom is -0.292 e. The number of benzene rings is 15. The van der Waals surface area contributed by atoms with Crippen molar-refractivity contribution >= 4 is 33.1 Å². The van der Waals surface area contributed by atoms with Gasteiger partial charge in [-0.3, -0.25) is 9.13 Å². The number of hydrogen-bond acceptors (Lipinski definition) is 4. The van der Waals surface area contributed by atoms with Crippen LogP contribution in [0.2, 0.25) is 0 Å². The molecule has 0 unspecified atom stereocenters. The van der Waals surface area contributed by atoms with E-state index in [0.717, 1.165) is 112 Å². The third kappa shape index (κ3) is 9.13. The smallest absolute Gasteiger partial charge is 0.145 e. The number of nitrogens with zero attached hydrogens (tertiary/aromatic N) is 6. The number of aromatic nitrogens is 6. The van der Waals surface area contributed by atoms with Crippen LogP contribution in [0.3, 0.4) is 0 Å². The van der Waals surface area contributed by atoms with E-state index in [-0.39, 0.29) is 0 Å². The normalized spacial score (nSPS) is 13.1. The Bertz CT molecular complexity index is 5800. The molecule has 3 heterocycles. The lowest BCUT2D eigenvalue weighted by Crippen LogP contribution is -2.28. The highest BCUT2D eigenvalue weighted by atomic mass is 15.1. The van der Waals surface area contributed by atoms with Crippen molar-refractivity contribution in [2.45, 2.75) is 10.8 Å². The maximum atomic E-state index is 5.44. The lowest BCUT2D eigenvalue weighted by atomic mass is 9.67. The van der Waals surface area contributed by atoms with Crippen molar-refractivity contribution in [2.75, 3.05) is 0 Å². The van der Waals surface area contributed by atoms with Crippen LogP contribution < -0.4 is 0 Å². The minimum atomic E-state index is -0.661. The number of rotatable bonds is 12. The molecule has 0 spiro atoms. The first-order valence-electron chi connectivity index (χ1n) is 34.9. The first-order chi connectivity index (χ1) is 50.6. The highest BCUT2D eigenvalue weighted by Gasteiger charge is 2.48. The molecule has 18 aromatic rings. The van der Waals surface area contributed by atoms with Gasteiger partial charge in [-0.25, -0.2) is 19.9 Å². The minimum absolute atomic E-state index is 0.661. The van der Waals surface area contributed by atoms with Crippen LogP contribution in [0.1, 0.15) is 44.5 Å². The summed E-state index contributed by atoms with van der Waals surface area (Å²) in [5.41, 5.74) is 31.3. The van der Waals surface area contributed by atoms with E-state index in [1.165, 1.54) is 66.8 Å². The molecule has 2 aliphatic rings. The maximum Gasteiger partial charge on any atom is 0.145 e. The highest BCUT2D eigenvalue weighted by molar-refractivity contribution is 5.95. The molecule has 0 saturated carbocycles. The molecule has 0 radical (unpaired) electrons. The Labute approximate surface area is 591 Å². The summed E-state index contributed by atoms with van der Waals surface area (Å²) in [5.74, 6) is 1.80. The van der Waals surface area contributed by atoms with Gasteiger partial charge >= 0.3 is 0 Å². The van der Waals surface area contributed by atoms with Crippen molar-refractivity contribution in [3.8, 4) is 101 Å². The van der Waals surface area contributed by atoms with Crippen molar-refractivity contribution < 1.29 is 0 Å². The van der Waals surface area contributed by atoms with Gasteiger partial charge in [-0.05, 0) is 174 Å². The van der Waals surface area contributed by atoms with E-state index in [2.05, 4.69) is 373 Å². The lowest BCUT2D eigenvalue weighted by molar-refractivity contribution is 0.769. The molecule has 2 aliphatic carbocycles. The third-order valence-electron chi connectivity index (χ3n) is 21.3. The zero-order valence-corrected chi connectivity index (χ0v) is 55.5. The topological polar surface area (TPSA) is 61.4 Å². The molecule has 3 aromatic heterocycles. The first-order valence-corrected chi connectivity index (χ1v) is 34.9. The summed E-state index contributed by atoms with van der Waals surface area (Å²) in [6, 6.07) is 137. The van der Waals surface area contributed by atoms with Gasteiger partial charge in [-0.1, -0.05) is 291 Å². The number of fused-ring (bicyclic) bond motifs is 9. The van der Waals surface area contributed by atoms with Gasteiger partial charge in [-0.15, -0.1) is 0 Å². The van der Waals surface area contributed by atoms with Crippen molar-refractivity contribution in [1.29, 1.82) is 0 Å². The second kappa shape index (κ2) is 23.7.